The minimum Gasteiger partial charge on any atom is -0.478 e. The Hall–Kier alpha value is -1.38. The molecule has 0 spiro atoms. The summed E-state index contributed by atoms with van der Waals surface area (Å²) in [7, 11) is 0. The molecule has 2 rings (SSSR count). The summed E-state index contributed by atoms with van der Waals surface area (Å²) < 4.78 is 0. The fraction of sp³-hybridized carbons (Fsp3) is 0.538. The van der Waals surface area contributed by atoms with E-state index in [1.807, 2.05) is 13.0 Å². The van der Waals surface area contributed by atoms with Crippen molar-refractivity contribution in [2.24, 2.45) is 0 Å². The molecule has 0 radical (unpaired) electrons. The van der Waals surface area contributed by atoms with Crippen LogP contribution in [0, 0.1) is 0 Å². The number of aryl methyl sites for hydroxylation is 2. The molecule has 1 aromatic heterocycles. The number of aromatic carboxylic acids is 1. The second-order valence-corrected chi connectivity index (χ2v) is 4.48. The Morgan fingerprint density at radius 3 is 3.00 bits per heavy atom. The molecule has 1 aliphatic carbocycles. The van der Waals surface area contributed by atoms with Crippen LogP contribution in [0.2, 0.25) is 0 Å². The molecule has 0 fully saturated rings. The van der Waals surface area contributed by atoms with Gasteiger partial charge in [-0.1, -0.05) is 13.8 Å². The standard InChI is InChI=1S/C13H17NO2/c1-3-11-10(13(15)16)7-9-6-4-5-8(2)12(9)14-11/h7-8H,3-6H2,1-2H3,(H,15,16). The topological polar surface area (TPSA) is 50.2 Å². The Morgan fingerprint density at radius 1 is 1.62 bits per heavy atom. The molecule has 1 N–H and O–H groups in total. The average Bonchev–Trinajstić information content (AvgIpc) is 2.28. The molecule has 1 unspecified atom stereocenters. The number of hydrogen-bond donors (Lipinski definition) is 1. The molecular formula is C13H17NO2. The van der Waals surface area contributed by atoms with E-state index in [0.29, 0.717) is 17.9 Å². The Morgan fingerprint density at radius 2 is 2.38 bits per heavy atom. The van der Waals surface area contributed by atoms with Gasteiger partial charge in [0.25, 0.3) is 0 Å². The largest absolute Gasteiger partial charge is 0.478 e. The molecule has 0 saturated heterocycles. The van der Waals surface area contributed by atoms with Crippen molar-refractivity contribution >= 4 is 5.97 Å². The number of pyridine rings is 1. The third kappa shape index (κ3) is 1.82. The Kier molecular flexibility index (Phi) is 2.95. The number of carbonyl (C=O) groups is 1. The van der Waals surface area contributed by atoms with Crippen molar-refractivity contribution in [1.82, 2.24) is 4.98 Å². The zero-order valence-corrected chi connectivity index (χ0v) is 9.79. The summed E-state index contributed by atoms with van der Waals surface area (Å²) in [5.41, 5.74) is 3.36. The van der Waals surface area contributed by atoms with E-state index in [-0.39, 0.29) is 0 Å². The molecule has 0 aromatic carbocycles. The molecule has 1 aliphatic rings. The van der Waals surface area contributed by atoms with Crippen LogP contribution in [0.4, 0.5) is 0 Å². The maximum atomic E-state index is 11.1. The van der Waals surface area contributed by atoms with E-state index in [9.17, 15) is 4.79 Å². The second kappa shape index (κ2) is 4.24. The Bertz CT molecular complexity index is 426. The number of nitrogens with zero attached hydrogens (tertiary/aromatic N) is 1. The summed E-state index contributed by atoms with van der Waals surface area (Å²) in [4.78, 5) is 15.7. The van der Waals surface area contributed by atoms with Crippen molar-refractivity contribution in [3.05, 3.63) is 28.6 Å². The highest BCUT2D eigenvalue weighted by Gasteiger charge is 2.21. The minimum atomic E-state index is -0.856. The molecule has 0 bridgehead atoms. The van der Waals surface area contributed by atoms with Crippen LogP contribution >= 0.6 is 0 Å². The fourth-order valence-corrected chi connectivity index (χ4v) is 2.43. The first-order valence-electron chi connectivity index (χ1n) is 5.89. The first-order chi connectivity index (χ1) is 7.63. The lowest BCUT2D eigenvalue weighted by Gasteiger charge is -2.22. The van der Waals surface area contributed by atoms with Crippen LogP contribution in [-0.4, -0.2) is 16.1 Å². The van der Waals surface area contributed by atoms with Gasteiger partial charge in [-0.15, -0.1) is 0 Å². The summed E-state index contributed by atoms with van der Waals surface area (Å²) >= 11 is 0. The smallest absolute Gasteiger partial charge is 0.337 e. The molecule has 3 nitrogen and oxygen atoms in total. The van der Waals surface area contributed by atoms with Crippen LogP contribution in [0.25, 0.3) is 0 Å². The third-order valence-electron chi connectivity index (χ3n) is 3.33. The highest BCUT2D eigenvalue weighted by Crippen LogP contribution is 2.31. The first-order valence-corrected chi connectivity index (χ1v) is 5.89. The number of hydrogen-bond acceptors (Lipinski definition) is 2. The lowest BCUT2D eigenvalue weighted by Crippen LogP contribution is -2.14. The van der Waals surface area contributed by atoms with Gasteiger partial charge in [-0.05, 0) is 43.2 Å². The highest BCUT2D eigenvalue weighted by atomic mass is 16.4. The maximum absolute atomic E-state index is 11.1. The van der Waals surface area contributed by atoms with Gasteiger partial charge in [-0.25, -0.2) is 4.79 Å². The SMILES string of the molecule is CCc1nc2c(cc1C(=O)O)CCCC2C. The van der Waals surface area contributed by atoms with E-state index >= 15 is 0 Å². The quantitative estimate of drug-likeness (QED) is 0.832. The van der Waals surface area contributed by atoms with Gasteiger partial charge in [0.1, 0.15) is 0 Å². The van der Waals surface area contributed by atoms with Crippen LogP contribution in [0.5, 0.6) is 0 Å². The molecule has 16 heavy (non-hydrogen) atoms. The van der Waals surface area contributed by atoms with Gasteiger partial charge in [-0.2, -0.15) is 0 Å². The molecule has 1 atom stereocenters. The zero-order chi connectivity index (χ0) is 11.7. The van der Waals surface area contributed by atoms with Gasteiger partial charge in [0.05, 0.1) is 11.3 Å². The number of aromatic nitrogens is 1. The third-order valence-corrected chi connectivity index (χ3v) is 3.33. The monoisotopic (exact) mass is 219 g/mol. The lowest BCUT2D eigenvalue weighted by molar-refractivity contribution is 0.0695. The van der Waals surface area contributed by atoms with Crippen LogP contribution in [0.3, 0.4) is 0 Å². The summed E-state index contributed by atoms with van der Waals surface area (Å²) in [5, 5.41) is 9.12. The average molecular weight is 219 g/mol. The van der Waals surface area contributed by atoms with Crippen LogP contribution < -0.4 is 0 Å². The molecule has 0 saturated carbocycles. The molecule has 86 valence electrons. The van der Waals surface area contributed by atoms with E-state index < -0.39 is 5.97 Å². The number of carboxylic acids is 1. The second-order valence-electron chi connectivity index (χ2n) is 4.48. The molecule has 0 amide bonds. The van der Waals surface area contributed by atoms with Gasteiger partial charge in [0.2, 0.25) is 0 Å². The van der Waals surface area contributed by atoms with Crippen molar-refractivity contribution in [2.45, 2.75) is 45.4 Å². The van der Waals surface area contributed by atoms with Crippen molar-refractivity contribution in [3.63, 3.8) is 0 Å². The van der Waals surface area contributed by atoms with E-state index in [1.165, 1.54) is 0 Å². The number of carboxylic acid groups (broad SMARTS) is 1. The Balaban J connectivity index is 2.55. The van der Waals surface area contributed by atoms with Gasteiger partial charge < -0.3 is 5.11 Å². The summed E-state index contributed by atoms with van der Waals surface area (Å²) in [5.74, 6) is -0.387. The van der Waals surface area contributed by atoms with Gasteiger partial charge in [0.15, 0.2) is 0 Å². The molecule has 1 aromatic rings. The van der Waals surface area contributed by atoms with Crippen molar-refractivity contribution in [3.8, 4) is 0 Å². The van der Waals surface area contributed by atoms with E-state index in [0.717, 1.165) is 36.2 Å². The predicted molar refractivity (Wildman–Crippen MR) is 61.9 cm³/mol. The highest BCUT2D eigenvalue weighted by molar-refractivity contribution is 5.89. The van der Waals surface area contributed by atoms with E-state index in [2.05, 4.69) is 11.9 Å². The molecule has 1 heterocycles. The summed E-state index contributed by atoms with van der Waals surface area (Å²) in [6.45, 7) is 4.12. The molecule has 0 aliphatic heterocycles. The number of fused-ring (bicyclic) bond motifs is 1. The van der Waals surface area contributed by atoms with E-state index in [1.54, 1.807) is 0 Å². The summed E-state index contributed by atoms with van der Waals surface area (Å²) in [6, 6.07) is 1.83. The van der Waals surface area contributed by atoms with Crippen LogP contribution in [-0.2, 0) is 12.8 Å². The molecule has 3 heteroatoms. The van der Waals surface area contributed by atoms with Gasteiger partial charge in [-0.3, -0.25) is 4.98 Å². The Labute approximate surface area is 95.5 Å². The van der Waals surface area contributed by atoms with Crippen molar-refractivity contribution < 1.29 is 9.90 Å². The van der Waals surface area contributed by atoms with Crippen LogP contribution in [0.15, 0.2) is 6.07 Å². The maximum Gasteiger partial charge on any atom is 0.337 e. The van der Waals surface area contributed by atoms with Crippen molar-refractivity contribution in [2.75, 3.05) is 0 Å². The normalized spacial score (nSPS) is 19.2. The summed E-state index contributed by atoms with van der Waals surface area (Å²) in [6.07, 6.45) is 3.95. The fourth-order valence-electron chi connectivity index (χ4n) is 2.43. The predicted octanol–water partition coefficient (Wildman–Crippen LogP) is 2.78. The van der Waals surface area contributed by atoms with Crippen LogP contribution in [0.1, 0.15) is 59.9 Å². The number of rotatable bonds is 2. The zero-order valence-electron chi connectivity index (χ0n) is 9.79. The lowest BCUT2D eigenvalue weighted by atomic mass is 9.86. The molecular weight excluding hydrogens is 202 g/mol. The van der Waals surface area contributed by atoms with Gasteiger partial charge in [0, 0.05) is 5.69 Å². The van der Waals surface area contributed by atoms with Gasteiger partial charge >= 0.3 is 5.97 Å². The van der Waals surface area contributed by atoms with Crippen molar-refractivity contribution in [1.29, 1.82) is 0 Å². The first kappa shape index (κ1) is 11.1. The minimum absolute atomic E-state index is 0.385. The van der Waals surface area contributed by atoms with E-state index in [4.69, 9.17) is 5.11 Å².